The van der Waals surface area contributed by atoms with Crippen molar-refractivity contribution >= 4 is 38.8 Å². The Bertz CT molecular complexity index is 2330. The van der Waals surface area contributed by atoms with E-state index in [-0.39, 0.29) is 26.8 Å². The number of nitrogens with zero attached hydrogens (tertiary/aromatic N) is 4. The van der Waals surface area contributed by atoms with Crippen LogP contribution in [0.15, 0.2) is 133 Å². The number of carboxylic acid groups (broad SMARTS) is 1. The molecule has 0 aliphatic carbocycles. The largest absolute Gasteiger partial charge is 0.656 e. The molecule has 0 spiro atoms. The Morgan fingerprint density at radius 1 is 0.659 bits per heavy atom. The molecule has 0 atom stereocenters. The minimum absolute atomic E-state index is 0. The molecule has 0 aliphatic heterocycles. The van der Waals surface area contributed by atoms with E-state index in [4.69, 9.17) is 9.97 Å². The van der Waals surface area contributed by atoms with Gasteiger partial charge >= 0.3 is 5.97 Å². The molecule has 1 N–H and O–H groups in total. The van der Waals surface area contributed by atoms with Crippen molar-refractivity contribution in [1.82, 2.24) is 19.5 Å². The maximum atomic E-state index is 12.2. The number of hydrogen-bond donors (Lipinski definition) is 1. The van der Waals surface area contributed by atoms with E-state index in [1.54, 1.807) is 6.07 Å². The van der Waals surface area contributed by atoms with Crippen LogP contribution in [-0.2, 0) is 21.1 Å². The van der Waals surface area contributed by atoms with Gasteiger partial charge in [-0.1, -0.05) is 103 Å². The maximum absolute atomic E-state index is 12.2. The number of aromatic nitrogens is 4. The van der Waals surface area contributed by atoms with Gasteiger partial charge in [-0.3, -0.25) is 4.57 Å². The Hall–Kier alpha value is -5.32. The van der Waals surface area contributed by atoms with Crippen molar-refractivity contribution in [3.05, 3.63) is 139 Å². The van der Waals surface area contributed by atoms with Crippen LogP contribution < -0.4 is 4.98 Å². The van der Waals surface area contributed by atoms with Crippen LogP contribution in [0.3, 0.4) is 0 Å². The zero-order valence-corrected chi connectivity index (χ0v) is 25.4. The van der Waals surface area contributed by atoms with E-state index in [1.165, 1.54) is 0 Å². The average Bonchev–Trinajstić information content (AvgIpc) is 3.64. The summed E-state index contributed by atoms with van der Waals surface area (Å²) in [6.07, 6.45) is 0. The topological polar surface area (TPSA) is 82.1 Å². The molecule has 0 bridgehead atoms. The van der Waals surface area contributed by atoms with Crippen molar-refractivity contribution in [3.8, 4) is 39.5 Å². The summed E-state index contributed by atoms with van der Waals surface area (Å²) in [6, 6.07) is 43.7. The van der Waals surface area contributed by atoms with Gasteiger partial charge in [-0.15, -0.1) is 11.0 Å². The average molecular weight is 751 g/mol. The normalized spacial score (nSPS) is 11.2. The first kappa shape index (κ1) is 27.5. The van der Waals surface area contributed by atoms with Crippen LogP contribution in [-0.4, -0.2) is 25.6 Å². The minimum atomic E-state index is -1.08. The summed E-state index contributed by atoms with van der Waals surface area (Å²) in [4.78, 5) is 27.0. The molecular formula is C37H23N4O2Pt-. The van der Waals surface area contributed by atoms with Crippen molar-refractivity contribution in [2.75, 3.05) is 0 Å². The maximum Gasteiger partial charge on any atom is 0.354 e. The van der Waals surface area contributed by atoms with Crippen molar-refractivity contribution in [2.45, 2.75) is 0 Å². The summed E-state index contributed by atoms with van der Waals surface area (Å²) in [6.45, 7) is 0. The Morgan fingerprint density at radius 3 is 2.14 bits per heavy atom. The molecule has 5 aromatic carbocycles. The summed E-state index contributed by atoms with van der Waals surface area (Å²) < 4.78 is 2.14. The van der Waals surface area contributed by atoms with Crippen LogP contribution in [0.4, 0.5) is 0 Å². The summed E-state index contributed by atoms with van der Waals surface area (Å²) in [5.41, 5.74) is 8.28. The molecule has 8 rings (SSSR count). The zero-order valence-electron chi connectivity index (χ0n) is 23.2. The van der Waals surface area contributed by atoms with Gasteiger partial charge < -0.3 is 10.1 Å². The van der Waals surface area contributed by atoms with Gasteiger partial charge in [0.25, 0.3) is 0 Å². The fourth-order valence-electron chi connectivity index (χ4n) is 5.88. The van der Waals surface area contributed by atoms with Crippen LogP contribution in [0, 0.1) is 0 Å². The smallest absolute Gasteiger partial charge is 0.354 e. The van der Waals surface area contributed by atoms with Crippen LogP contribution in [0.1, 0.15) is 10.5 Å². The van der Waals surface area contributed by atoms with Crippen LogP contribution in [0.2, 0.25) is 0 Å². The molecule has 214 valence electrons. The van der Waals surface area contributed by atoms with Crippen molar-refractivity contribution < 1.29 is 31.0 Å². The number of para-hydroxylation sites is 4. The minimum Gasteiger partial charge on any atom is -0.656 e. The Kier molecular flexibility index (Phi) is 6.92. The second-order valence-electron chi connectivity index (χ2n) is 10.4. The molecule has 0 fully saturated rings. The number of carbonyl (C=O) groups is 1. The molecule has 0 saturated heterocycles. The SMILES string of the molecule is O=C(O)c1cc(-c2ccccc2)cc(-c2cccc3c2nc(-c2cccc4c2[n-]c2ccccc24)n3-c2ccccc2)n1.[Pt]. The summed E-state index contributed by atoms with van der Waals surface area (Å²) in [7, 11) is 0. The molecule has 0 saturated carbocycles. The zero-order chi connectivity index (χ0) is 28.9. The number of aromatic carboxylic acids is 1. The number of benzene rings is 5. The third kappa shape index (κ3) is 4.52. The molecule has 3 aromatic heterocycles. The van der Waals surface area contributed by atoms with Gasteiger partial charge in [0, 0.05) is 37.9 Å². The Balaban J connectivity index is 0.00000312. The van der Waals surface area contributed by atoms with E-state index in [1.807, 2.05) is 97.1 Å². The second-order valence-corrected chi connectivity index (χ2v) is 10.4. The number of carboxylic acids is 1. The van der Waals surface area contributed by atoms with E-state index in [2.05, 4.69) is 39.9 Å². The van der Waals surface area contributed by atoms with E-state index < -0.39 is 5.97 Å². The molecule has 0 radical (unpaired) electrons. The molecule has 0 aliphatic rings. The first-order valence-corrected chi connectivity index (χ1v) is 14.0. The van der Waals surface area contributed by atoms with E-state index in [9.17, 15) is 9.90 Å². The Morgan fingerprint density at radius 2 is 1.34 bits per heavy atom. The fourth-order valence-corrected chi connectivity index (χ4v) is 5.88. The van der Waals surface area contributed by atoms with Gasteiger partial charge in [0.05, 0.1) is 16.7 Å². The molecular weight excluding hydrogens is 728 g/mol. The molecule has 6 nitrogen and oxygen atoms in total. The second kappa shape index (κ2) is 11.1. The van der Waals surface area contributed by atoms with Gasteiger partial charge in [0.1, 0.15) is 11.5 Å². The standard InChI is InChI=1S/C37H24N4O2.Pt/c42-37(43)32-22-24(23-11-3-1-4-12-23)21-31(38-32)28-17-10-20-33-35(28)40-36(41(33)25-13-5-2-6-14-25)29-18-9-16-27-26-15-7-8-19-30(26)39-34(27)29;/h1-22H,(H2,38,39,40,42,43);/p-1. The molecule has 0 unspecified atom stereocenters. The third-order valence-corrected chi connectivity index (χ3v) is 7.83. The molecule has 44 heavy (non-hydrogen) atoms. The van der Waals surface area contributed by atoms with Crippen LogP contribution >= 0.6 is 0 Å². The number of fused-ring (bicyclic) bond motifs is 4. The summed E-state index contributed by atoms with van der Waals surface area (Å²) in [5, 5.41) is 12.1. The van der Waals surface area contributed by atoms with E-state index >= 15 is 0 Å². The monoisotopic (exact) mass is 750 g/mol. The number of imidazole rings is 1. The molecule has 0 amide bonds. The van der Waals surface area contributed by atoms with Crippen molar-refractivity contribution in [2.24, 2.45) is 0 Å². The first-order valence-electron chi connectivity index (χ1n) is 14.0. The van der Waals surface area contributed by atoms with Crippen LogP contribution in [0.5, 0.6) is 0 Å². The Labute approximate surface area is 266 Å². The first-order chi connectivity index (χ1) is 21.2. The number of hydrogen-bond acceptors (Lipinski definition) is 3. The van der Waals surface area contributed by atoms with Gasteiger partial charge in [0.15, 0.2) is 0 Å². The molecule has 8 aromatic rings. The van der Waals surface area contributed by atoms with Crippen LogP contribution in [0.25, 0.3) is 72.3 Å². The van der Waals surface area contributed by atoms with E-state index in [0.29, 0.717) is 5.69 Å². The quantitative estimate of drug-likeness (QED) is 0.191. The van der Waals surface area contributed by atoms with Gasteiger partial charge in [-0.05, 0) is 52.2 Å². The van der Waals surface area contributed by atoms with Crippen molar-refractivity contribution in [1.29, 1.82) is 0 Å². The molecule has 7 heteroatoms. The molecule has 3 heterocycles. The van der Waals surface area contributed by atoms with Gasteiger partial charge in [-0.25, -0.2) is 14.8 Å². The third-order valence-electron chi connectivity index (χ3n) is 7.83. The van der Waals surface area contributed by atoms with E-state index in [0.717, 1.165) is 66.6 Å². The van der Waals surface area contributed by atoms with Crippen molar-refractivity contribution in [3.63, 3.8) is 0 Å². The van der Waals surface area contributed by atoms with Gasteiger partial charge in [-0.2, -0.15) is 0 Å². The predicted octanol–water partition coefficient (Wildman–Crippen LogP) is 8.38. The number of pyridine rings is 1. The van der Waals surface area contributed by atoms with Gasteiger partial charge in [0.2, 0.25) is 0 Å². The summed E-state index contributed by atoms with van der Waals surface area (Å²) in [5.74, 6) is -0.331. The fraction of sp³-hybridized carbons (Fsp3) is 0. The predicted molar refractivity (Wildman–Crippen MR) is 170 cm³/mol. The number of rotatable bonds is 5. The summed E-state index contributed by atoms with van der Waals surface area (Å²) >= 11 is 0.